The van der Waals surface area contributed by atoms with Crippen LogP contribution in [-0.2, 0) is 10.0 Å². The van der Waals surface area contributed by atoms with Gasteiger partial charge in [-0.15, -0.1) is 11.3 Å². The first-order chi connectivity index (χ1) is 9.33. The molecular formula is C12H13BrN2O3S2. The van der Waals surface area contributed by atoms with Crippen LogP contribution >= 0.6 is 27.3 Å². The van der Waals surface area contributed by atoms with Gasteiger partial charge in [-0.2, -0.15) is 0 Å². The van der Waals surface area contributed by atoms with Gasteiger partial charge in [0, 0.05) is 6.07 Å². The number of rotatable bonds is 4. The molecule has 8 heteroatoms. The van der Waals surface area contributed by atoms with Gasteiger partial charge in [-0.3, -0.25) is 4.72 Å². The molecule has 0 saturated heterocycles. The molecular weight excluding hydrogens is 364 g/mol. The highest BCUT2D eigenvalue weighted by atomic mass is 79.9. The van der Waals surface area contributed by atoms with Crippen molar-refractivity contribution in [1.29, 1.82) is 0 Å². The fraction of sp³-hybridized carbons (Fsp3) is 0.167. The Hall–Kier alpha value is -1.25. The minimum atomic E-state index is -3.66. The van der Waals surface area contributed by atoms with Crippen LogP contribution in [0.1, 0.15) is 5.56 Å². The van der Waals surface area contributed by atoms with E-state index in [1.54, 1.807) is 24.3 Å². The van der Waals surface area contributed by atoms with E-state index in [0.717, 1.165) is 20.7 Å². The summed E-state index contributed by atoms with van der Waals surface area (Å²) in [5.41, 5.74) is 7.28. The van der Waals surface area contributed by atoms with E-state index in [2.05, 4.69) is 20.7 Å². The van der Waals surface area contributed by atoms with E-state index in [-0.39, 0.29) is 4.21 Å². The van der Waals surface area contributed by atoms with Crippen LogP contribution in [0.15, 0.2) is 32.3 Å². The number of ether oxygens (including phenoxy) is 1. The molecule has 0 saturated carbocycles. The monoisotopic (exact) mass is 376 g/mol. The lowest BCUT2D eigenvalue weighted by atomic mass is 10.2. The second-order valence-electron chi connectivity index (χ2n) is 4.08. The number of sulfonamides is 1. The van der Waals surface area contributed by atoms with Crippen LogP contribution in [0.3, 0.4) is 0 Å². The van der Waals surface area contributed by atoms with Crippen molar-refractivity contribution in [3.63, 3.8) is 0 Å². The molecule has 0 atom stereocenters. The van der Waals surface area contributed by atoms with Crippen LogP contribution < -0.4 is 15.2 Å². The Bertz CT molecular complexity index is 722. The summed E-state index contributed by atoms with van der Waals surface area (Å²) in [6, 6.07) is 6.40. The van der Waals surface area contributed by atoms with E-state index < -0.39 is 10.0 Å². The Kier molecular flexibility index (Phi) is 4.26. The maximum absolute atomic E-state index is 12.3. The molecule has 0 bridgehead atoms. The van der Waals surface area contributed by atoms with E-state index in [0.29, 0.717) is 17.1 Å². The number of benzene rings is 1. The van der Waals surface area contributed by atoms with Gasteiger partial charge in [0.25, 0.3) is 10.0 Å². The molecule has 0 fully saturated rings. The largest absolute Gasteiger partial charge is 0.497 e. The third-order valence-corrected chi connectivity index (χ3v) is 6.58. The van der Waals surface area contributed by atoms with Gasteiger partial charge in [0.1, 0.15) is 9.96 Å². The summed E-state index contributed by atoms with van der Waals surface area (Å²) in [7, 11) is -2.16. The van der Waals surface area contributed by atoms with Gasteiger partial charge >= 0.3 is 0 Å². The number of hydrogen-bond donors (Lipinski definition) is 2. The molecule has 0 spiro atoms. The lowest BCUT2D eigenvalue weighted by Gasteiger charge is -2.10. The molecule has 1 aromatic heterocycles. The number of nitrogen functional groups attached to an aromatic ring is 1. The van der Waals surface area contributed by atoms with Gasteiger partial charge in [0.05, 0.1) is 22.3 Å². The zero-order chi connectivity index (χ0) is 14.9. The first-order valence-corrected chi connectivity index (χ1v) is 8.65. The number of methoxy groups -OCH3 is 1. The Labute approximate surface area is 129 Å². The Balaban J connectivity index is 2.37. The van der Waals surface area contributed by atoms with E-state index in [1.165, 1.54) is 7.11 Å². The van der Waals surface area contributed by atoms with Crippen molar-refractivity contribution in [2.24, 2.45) is 0 Å². The molecule has 1 aromatic carbocycles. The lowest BCUT2D eigenvalue weighted by Crippen LogP contribution is -2.13. The molecule has 0 aliphatic carbocycles. The second-order valence-corrected chi connectivity index (χ2v) is 8.36. The van der Waals surface area contributed by atoms with Crippen molar-refractivity contribution in [3.05, 3.63) is 33.6 Å². The van der Waals surface area contributed by atoms with Crippen molar-refractivity contribution in [3.8, 4) is 5.75 Å². The lowest BCUT2D eigenvalue weighted by molar-refractivity contribution is 0.415. The molecule has 0 amide bonds. The molecule has 20 heavy (non-hydrogen) atoms. The maximum atomic E-state index is 12.3. The highest BCUT2D eigenvalue weighted by molar-refractivity contribution is 9.11. The zero-order valence-corrected chi connectivity index (χ0v) is 14.0. The van der Waals surface area contributed by atoms with Crippen LogP contribution in [0, 0.1) is 6.92 Å². The molecule has 3 N–H and O–H groups in total. The summed E-state index contributed by atoms with van der Waals surface area (Å²) in [5, 5.41) is 0. The summed E-state index contributed by atoms with van der Waals surface area (Å²) >= 11 is 4.46. The average molecular weight is 377 g/mol. The van der Waals surface area contributed by atoms with E-state index in [4.69, 9.17) is 10.5 Å². The number of nitrogens with two attached hydrogens (primary N) is 1. The van der Waals surface area contributed by atoms with Crippen molar-refractivity contribution in [1.82, 2.24) is 0 Å². The smallest absolute Gasteiger partial charge is 0.271 e. The highest BCUT2D eigenvalue weighted by Crippen LogP contribution is 2.33. The fourth-order valence-electron chi connectivity index (χ4n) is 1.51. The van der Waals surface area contributed by atoms with Crippen LogP contribution in [0.4, 0.5) is 11.4 Å². The molecule has 0 aliphatic rings. The summed E-state index contributed by atoms with van der Waals surface area (Å²) in [6.45, 7) is 1.83. The number of anilines is 2. The minimum absolute atomic E-state index is 0.226. The van der Waals surface area contributed by atoms with Gasteiger partial charge in [-0.25, -0.2) is 8.42 Å². The third-order valence-electron chi connectivity index (χ3n) is 2.60. The first kappa shape index (κ1) is 15.1. The summed E-state index contributed by atoms with van der Waals surface area (Å²) in [5.74, 6) is 0.528. The molecule has 2 aromatic rings. The van der Waals surface area contributed by atoms with Crippen LogP contribution in [0.5, 0.6) is 5.75 Å². The normalized spacial score (nSPS) is 11.3. The number of nitrogens with one attached hydrogen (secondary N) is 1. The van der Waals surface area contributed by atoms with Gasteiger partial charge in [0.2, 0.25) is 0 Å². The predicted octanol–water partition coefficient (Wildman–Crippen LogP) is 3.21. The van der Waals surface area contributed by atoms with Gasteiger partial charge in [0.15, 0.2) is 0 Å². The zero-order valence-electron chi connectivity index (χ0n) is 10.8. The molecule has 0 unspecified atom stereocenters. The number of hydrogen-bond acceptors (Lipinski definition) is 5. The van der Waals surface area contributed by atoms with E-state index in [1.807, 2.05) is 6.92 Å². The highest BCUT2D eigenvalue weighted by Gasteiger charge is 2.19. The number of thiophene rings is 1. The average Bonchev–Trinajstić information content (AvgIpc) is 2.73. The topological polar surface area (TPSA) is 81.4 Å². The van der Waals surface area contributed by atoms with E-state index in [9.17, 15) is 8.42 Å². The SMILES string of the molecule is COc1ccc(N)c(NS(=O)(=O)c2cc(C)c(Br)s2)c1. The maximum Gasteiger partial charge on any atom is 0.271 e. The van der Waals surface area contributed by atoms with Crippen LogP contribution in [0.25, 0.3) is 0 Å². The Morgan fingerprint density at radius 2 is 2.05 bits per heavy atom. The molecule has 0 aliphatic heterocycles. The van der Waals surface area contributed by atoms with Crippen molar-refractivity contribution >= 4 is 48.7 Å². The molecule has 1 heterocycles. The van der Waals surface area contributed by atoms with Gasteiger partial charge in [-0.1, -0.05) is 0 Å². The van der Waals surface area contributed by atoms with Crippen molar-refractivity contribution in [2.75, 3.05) is 17.6 Å². The van der Waals surface area contributed by atoms with Crippen molar-refractivity contribution < 1.29 is 13.2 Å². The van der Waals surface area contributed by atoms with Crippen LogP contribution in [-0.4, -0.2) is 15.5 Å². The van der Waals surface area contributed by atoms with Gasteiger partial charge < -0.3 is 10.5 Å². The first-order valence-electron chi connectivity index (χ1n) is 5.56. The molecule has 0 radical (unpaired) electrons. The van der Waals surface area contributed by atoms with Crippen LogP contribution in [0.2, 0.25) is 0 Å². The molecule has 108 valence electrons. The summed E-state index contributed by atoms with van der Waals surface area (Å²) in [4.78, 5) is 0. The van der Waals surface area contributed by atoms with E-state index >= 15 is 0 Å². The minimum Gasteiger partial charge on any atom is -0.497 e. The molecule has 2 rings (SSSR count). The molecule has 5 nitrogen and oxygen atoms in total. The summed E-state index contributed by atoms with van der Waals surface area (Å²) in [6.07, 6.45) is 0. The van der Waals surface area contributed by atoms with Crippen molar-refractivity contribution in [2.45, 2.75) is 11.1 Å². The Morgan fingerprint density at radius 1 is 1.35 bits per heavy atom. The van der Waals surface area contributed by atoms with Gasteiger partial charge in [-0.05, 0) is 46.6 Å². The number of halogens is 1. The standard InChI is InChI=1S/C12H13BrN2O3S2/c1-7-5-11(19-12(7)13)20(16,17)15-10-6-8(18-2)3-4-9(10)14/h3-6,15H,14H2,1-2H3. The Morgan fingerprint density at radius 3 is 2.60 bits per heavy atom. The fourth-order valence-corrected chi connectivity index (χ4v) is 4.81. The summed E-state index contributed by atoms with van der Waals surface area (Å²) < 4.78 is 33.1. The second kappa shape index (κ2) is 5.63. The number of aryl methyl sites for hydroxylation is 1. The predicted molar refractivity (Wildman–Crippen MR) is 85.0 cm³/mol. The third kappa shape index (κ3) is 3.08. The quantitative estimate of drug-likeness (QED) is 0.802.